The summed E-state index contributed by atoms with van der Waals surface area (Å²) in [5, 5.41) is 10.0. The largest absolute Gasteiger partial charge is 0.477 e. The van der Waals surface area contributed by atoms with E-state index < -0.39 is 17.2 Å². The fourth-order valence-electron chi connectivity index (χ4n) is 3.84. The van der Waals surface area contributed by atoms with Gasteiger partial charge in [-0.15, -0.1) is 0 Å². The van der Waals surface area contributed by atoms with Crippen LogP contribution in [0, 0.1) is 5.82 Å². The molecule has 0 atom stereocenters. The quantitative estimate of drug-likeness (QED) is 0.686. The fourth-order valence-corrected chi connectivity index (χ4v) is 4.18. The second-order valence-electron chi connectivity index (χ2n) is 7.44. The zero-order valence-electron chi connectivity index (χ0n) is 15.7. The topological polar surface area (TPSA) is 82.8 Å². The van der Waals surface area contributed by atoms with Crippen molar-refractivity contribution in [2.24, 2.45) is 0 Å². The SMILES string of the molecule is O=C(O)c1cn(C2CC2)c2cc(N3CCN(C(=O)CCBr)CC3)c(F)cc2c1=O. The molecule has 0 spiro atoms. The Morgan fingerprint density at radius 1 is 1.17 bits per heavy atom. The van der Waals surface area contributed by atoms with Gasteiger partial charge in [0, 0.05) is 55.6 Å². The summed E-state index contributed by atoms with van der Waals surface area (Å²) >= 11 is 3.27. The van der Waals surface area contributed by atoms with Gasteiger partial charge >= 0.3 is 5.97 Å². The molecule has 2 fully saturated rings. The van der Waals surface area contributed by atoms with Crippen molar-refractivity contribution in [3.63, 3.8) is 0 Å². The molecular weight excluding hydrogens is 445 g/mol. The van der Waals surface area contributed by atoms with Gasteiger partial charge in [-0.3, -0.25) is 9.59 Å². The third-order valence-electron chi connectivity index (χ3n) is 5.55. The Kier molecular flexibility index (Phi) is 5.33. The Morgan fingerprint density at radius 3 is 2.45 bits per heavy atom. The summed E-state index contributed by atoms with van der Waals surface area (Å²) in [6.07, 6.45) is 3.61. The van der Waals surface area contributed by atoms with Gasteiger partial charge in [0.2, 0.25) is 11.3 Å². The number of anilines is 1. The van der Waals surface area contributed by atoms with Gasteiger partial charge in [-0.1, -0.05) is 15.9 Å². The highest BCUT2D eigenvalue weighted by atomic mass is 79.9. The highest BCUT2D eigenvalue weighted by molar-refractivity contribution is 9.09. The first-order valence-corrected chi connectivity index (χ1v) is 10.7. The number of carbonyl (C=O) groups is 2. The summed E-state index contributed by atoms with van der Waals surface area (Å²) in [6, 6.07) is 2.93. The average molecular weight is 466 g/mol. The number of fused-ring (bicyclic) bond motifs is 1. The van der Waals surface area contributed by atoms with Crippen LogP contribution in [-0.2, 0) is 4.79 Å². The molecule has 1 saturated carbocycles. The summed E-state index contributed by atoms with van der Waals surface area (Å²) in [4.78, 5) is 39.7. The molecule has 2 heterocycles. The fraction of sp³-hybridized carbons (Fsp3) is 0.450. The van der Waals surface area contributed by atoms with E-state index >= 15 is 0 Å². The number of hydrogen-bond acceptors (Lipinski definition) is 4. The third kappa shape index (κ3) is 3.75. The van der Waals surface area contributed by atoms with E-state index in [0.29, 0.717) is 49.1 Å². The first-order valence-electron chi connectivity index (χ1n) is 9.61. The second-order valence-corrected chi connectivity index (χ2v) is 8.24. The zero-order chi connectivity index (χ0) is 20.7. The molecule has 1 N–H and O–H groups in total. The summed E-state index contributed by atoms with van der Waals surface area (Å²) < 4.78 is 16.7. The standard InChI is InChI=1S/C20H21BrFN3O4/c21-4-3-18(26)24-7-5-23(6-8-24)17-10-16-13(9-15(17)22)19(27)14(20(28)29)11-25(16)12-1-2-12/h9-12H,1-8H2,(H,28,29). The lowest BCUT2D eigenvalue weighted by molar-refractivity contribution is -0.131. The van der Waals surface area contributed by atoms with Crippen molar-refractivity contribution < 1.29 is 19.1 Å². The first-order chi connectivity index (χ1) is 13.9. The number of amides is 1. The summed E-state index contributed by atoms with van der Waals surface area (Å²) in [5.41, 5.74) is -0.0748. The molecule has 4 rings (SSSR count). The number of alkyl halides is 1. The van der Waals surface area contributed by atoms with Crippen molar-refractivity contribution in [3.05, 3.63) is 39.9 Å². The number of aromatic nitrogens is 1. The number of hydrogen-bond donors (Lipinski definition) is 1. The number of carbonyl (C=O) groups excluding carboxylic acids is 1. The minimum absolute atomic E-state index is 0.0734. The lowest BCUT2D eigenvalue weighted by Gasteiger charge is -2.36. The number of benzene rings is 1. The van der Waals surface area contributed by atoms with E-state index in [1.807, 2.05) is 4.90 Å². The summed E-state index contributed by atoms with van der Waals surface area (Å²) in [5.74, 6) is -1.79. The Labute approximate surface area is 174 Å². The maximum atomic E-state index is 14.9. The Hall–Kier alpha value is -2.42. The predicted octanol–water partition coefficient (Wildman–Crippen LogP) is 2.61. The molecule has 1 amide bonds. The molecule has 0 radical (unpaired) electrons. The van der Waals surface area contributed by atoms with Gasteiger partial charge in [-0.2, -0.15) is 0 Å². The number of rotatable bonds is 5. The number of pyridine rings is 1. The lowest BCUT2D eigenvalue weighted by atomic mass is 10.1. The van der Waals surface area contributed by atoms with Gasteiger partial charge in [0.25, 0.3) is 0 Å². The Morgan fingerprint density at radius 2 is 1.86 bits per heavy atom. The second kappa shape index (κ2) is 7.78. The Bertz CT molecular complexity index is 1040. The minimum atomic E-state index is -1.31. The minimum Gasteiger partial charge on any atom is -0.477 e. The molecule has 9 heteroatoms. The van der Waals surface area contributed by atoms with Crippen LogP contribution in [-0.4, -0.2) is 58.0 Å². The van der Waals surface area contributed by atoms with E-state index in [0.717, 1.165) is 18.9 Å². The van der Waals surface area contributed by atoms with Crippen molar-refractivity contribution in [2.45, 2.75) is 25.3 Å². The number of nitrogens with zero attached hydrogens (tertiary/aromatic N) is 3. The van der Waals surface area contributed by atoms with Crippen LogP contribution in [0.25, 0.3) is 10.9 Å². The molecule has 0 bridgehead atoms. The molecular formula is C20H21BrFN3O4. The van der Waals surface area contributed by atoms with E-state index in [4.69, 9.17) is 0 Å². The van der Waals surface area contributed by atoms with E-state index in [2.05, 4.69) is 15.9 Å². The van der Waals surface area contributed by atoms with Crippen molar-refractivity contribution in [3.8, 4) is 0 Å². The number of piperazine rings is 1. The van der Waals surface area contributed by atoms with Crippen LogP contribution in [0.2, 0.25) is 0 Å². The van der Waals surface area contributed by atoms with E-state index in [9.17, 15) is 23.9 Å². The molecule has 0 unspecified atom stereocenters. The van der Waals surface area contributed by atoms with Crippen molar-refractivity contribution in [1.82, 2.24) is 9.47 Å². The molecule has 7 nitrogen and oxygen atoms in total. The number of halogens is 2. The van der Waals surface area contributed by atoms with Crippen LogP contribution in [0.5, 0.6) is 0 Å². The van der Waals surface area contributed by atoms with Gasteiger partial charge in [0.05, 0.1) is 11.2 Å². The molecule has 1 aromatic carbocycles. The molecule has 1 saturated heterocycles. The van der Waals surface area contributed by atoms with E-state index in [1.165, 1.54) is 6.20 Å². The van der Waals surface area contributed by atoms with Crippen LogP contribution < -0.4 is 10.3 Å². The number of carboxylic acids is 1. The molecule has 29 heavy (non-hydrogen) atoms. The average Bonchev–Trinajstić information content (AvgIpc) is 3.53. The van der Waals surface area contributed by atoms with Gasteiger partial charge in [0.15, 0.2) is 0 Å². The van der Waals surface area contributed by atoms with E-state index in [-0.39, 0.29) is 22.9 Å². The zero-order valence-corrected chi connectivity index (χ0v) is 17.3. The van der Waals surface area contributed by atoms with Gasteiger partial charge in [0.1, 0.15) is 11.4 Å². The normalized spacial score (nSPS) is 17.0. The third-order valence-corrected chi connectivity index (χ3v) is 5.95. The van der Waals surface area contributed by atoms with Gasteiger partial charge in [-0.05, 0) is 25.0 Å². The highest BCUT2D eigenvalue weighted by Gasteiger charge is 2.29. The van der Waals surface area contributed by atoms with Crippen LogP contribution in [0.4, 0.5) is 10.1 Å². The highest BCUT2D eigenvalue weighted by Crippen LogP contribution is 2.38. The first kappa shape index (κ1) is 19.9. The maximum Gasteiger partial charge on any atom is 0.341 e. The molecule has 2 aliphatic rings. The Balaban J connectivity index is 1.70. The van der Waals surface area contributed by atoms with Crippen LogP contribution in [0.3, 0.4) is 0 Å². The van der Waals surface area contributed by atoms with Crippen molar-refractivity contribution >= 4 is 44.4 Å². The molecule has 154 valence electrons. The summed E-state index contributed by atoms with van der Waals surface area (Å²) in [7, 11) is 0. The lowest BCUT2D eigenvalue weighted by Crippen LogP contribution is -2.49. The van der Waals surface area contributed by atoms with E-state index in [1.54, 1.807) is 15.5 Å². The maximum absolute atomic E-state index is 14.9. The molecule has 1 aliphatic carbocycles. The van der Waals surface area contributed by atoms with Crippen molar-refractivity contribution in [2.75, 3.05) is 36.4 Å². The number of carboxylic acid groups (broad SMARTS) is 1. The van der Waals surface area contributed by atoms with Crippen LogP contribution in [0.15, 0.2) is 23.1 Å². The van der Waals surface area contributed by atoms with Crippen molar-refractivity contribution in [1.29, 1.82) is 0 Å². The van der Waals surface area contributed by atoms with Gasteiger partial charge < -0.3 is 19.5 Å². The predicted molar refractivity (Wildman–Crippen MR) is 111 cm³/mol. The van der Waals surface area contributed by atoms with Gasteiger partial charge in [-0.25, -0.2) is 9.18 Å². The smallest absolute Gasteiger partial charge is 0.341 e. The summed E-state index contributed by atoms with van der Waals surface area (Å²) in [6.45, 7) is 2.02. The van der Waals surface area contributed by atoms with Crippen LogP contribution >= 0.6 is 15.9 Å². The molecule has 2 aromatic rings. The monoisotopic (exact) mass is 465 g/mol. The molecule has 1 aromatic heterocycles. The number of aromatic carboxylic acids is 1. The van der Waals surface area contributed by atoms with Crippen LogP contribution in [0.1, 0.15) is 35.7 Å². The molecule has 1 aliphatic heterocycles.